The van der Waals surface area contributed by atoms with Crippen molar-refractivity contribution in [3.63, 3.8) is 0 Å². The van der Waals surface area contributed by atoms with Crippen LogP contribution in [0.25, 0.3) is 0 Å². The highest BCUT2D eigenvalue weighted by Gasteiger charge is 2.12. The van der Waals surface area contributed by atoms with Gasteiger partial charge >= 0.3 is 0 Å². The van der Waals surface area contributed by atoms with Gasteiger partial charge in [-0.2, -0.15) is 0 Å². The summed E-state index contributed by atoms with van der Waals surface area (Å²) in [6.45, 7) is 0. The van der Waals surface area contributed by atoms with Gasteiger partial charge in [0.2, 0.25) is 5.91 Å². The second-order valence-electron chi connectivity index (χ2n) is 4.88. The first-order valence-corrected chi connectivity index (χ1v) is 8.37. The van der Waals surface area contributed by atoms with Crippen molar-refractivity contribution in [2.24, 2.45) is 0 Å². The maximum atomic E-state index is 12.2. The molecular formula is C16H17NO3S. The first-order chi connectivity index (χ1) is 9.88. The summed E-state index contributed by atoms with van der Waals surface area (Å²) in [6, 6.07) is 15.8. The minimum Gasteiger partial charge on any atom is -0.315 e. The zero-order valence-electron chi connectivity index (χ0n) is 12.0. The predicted molar refractivity (Wildman–Crippen MR) is 83.1 cm³/mol. The number of likely N-dealkylation sites (N-methyl/N-ethyl adjacent to an activating group) is 1. The Labute approximate surface area is 124 Å². The van der Waals surface area contributed by atoms with Crippen LogP contribution >= 0.6 is 0 Å². The summed E-state index contributed by atoms with van der Waals surface area (Å²) in [4.78, 5) is 14.0. The highest BCUT2D eigenvalue weighted by Crippen LogP contribution is 2.15. The van der Waals surface area contributed by atoms with Gasteiger partial charge in [0.15, 0.2) is 9.84 Å². The molecule has 21 heavy (non-hydrogen) atoms. The van der Waals surface area contributed by atoms with Crippen molar-refractivity contribution in [2.45, 2.75) is 11.3 Å². The molecule has 2 rings (SSSR count). The standard InChI is InChI=1S/C16H17NO3S/c1-17(14-6-4-3-5-7-14)16(18)12-13-8-10-15(11-9-13)21(2,19)20/h3-11H,12H2,1-2H3. The fourth-order valence-corrected chi connectivity index (χ4v) is 2.57. The molecule has 0 unspecified atom stereocenters. The molecule has 0 fully saturated rings. The van der Waals surface area contributed by atoms with Crippen molar-refractivity contribution in [1.29, 1.82) is 0 Å². The summed E-state index contributed by atoms with van der Waals surface area (Å²) >= 11 is 0. The maximum absolute atomic E-state index is 12.2. The molecule has 0 heterocycles. The molecule has 2 aromatic rings. The Hall–Kier alpha value is -2.14. The smallest absolute Gasteiger partial charge is 0.231 e. The Morgan fingerprint density at radius 3 is 2.10 bits per heavy atom. The van der Waals surface area contributed by atoms with Crippen molar-refractivity contribution >= 4 is 21.4 Å². The van der Waals surface area contributed by atoms with Crippen molar-refractivity contribution in [2.75, 3.05) is 18.2 Å². The monoisotopic (exact) mass is 303 g/mol. The number of hydrogen-bond acceptors (Lipinski definition) is 3. The summed E-state index contributed by atoms with van der Waals surface area (Å²) in [7, 11) is -1.48. The molecule has 0 saturated carbocycles. The molecule has 0 spiro atoms. The lowest BCUT2D eigenvalue weighted by molar-refractivity contribution is -0.117. The second-order valence-corrected chi connectivity index (χ2v) is 6.90. The van der Waals surface area contributed by atoms with Gasteiger partial charge in [0.05, 0.1) is 11.3 Å². The van der Waals surface area contributed by atoms with Crippen molar-refractivity contribution in [1.82, 2.24) is 0 Å². The number of sulfone groups is 1. The molecule has 0 aliphatic carbocycles. The van der Waals surface area contributed by atoms with Crippen LogP contribution in [0.4, 0.5) is 5.69 Å². The summed E-state index contributed by atoms with van der Waals surface area (Å²) in [6.07, 6.45) is 1.39. The number of benzene rings is 2. The van der Waals surface area contributed by atoms with Gasteiger partial charge < -0.3 is 4.90 Å². The molecule has 1 amide bonds. The average molecular weight is 303 g/mol. The number of carbonyl (C=O) groups is 1. The van der Waals surface area contributed by atoms with Crippen LogP contribution in [0.3, 0.4) is 0 Å². The van der Waals surface area contributed by atoms with Crippen LogP contribution in [0.1, 0.15) is 5.56 Å². The van der Waals surface area contributed by atoms with Gasteiger partial charge in [-0.15, -0.1) is 0 Å². The predicted octanol–water partition coefficient (Wildman–Crippen LogP) is 2.30. The zero-order chi connectivity index (χ0) is 15.5. The fourth-order valence-electron chi connectivity index (χ4n) is 1.94. The van der Waals surface area contributed by atoms with Gasteiger partial charge in [-0.25, -0.2) is 8.42 Å². The van der Waals surface area contributed by atoms with Crippen LogP contribution in [-0.4, -0.2) is 27.6 Å². The third-order valence-electron chi connectivity index (χ3n) is 3.22. The van der Waals surface area contributed by atoms with Crippen molar-refractivity contribution < 1.29 is 13.2 Å². The van der Waals surface area contributed by atoms with Gasteiger partial charge in [0, 0.05) is 19.0 Å². The number of rotatable bonds is 4. The molecule has 0 aliphatic rings. The van der Waals surface area contributed by atoms with E-state index in [2.05, 4.69) is 0 Å². The summed E-state index contributed by atoms with van der Waals surface area (Å²) in [5.41, 5.74) is 1.62. The Balaban J connectivity index is 2.10. The summed E-state index contributed by atoms with van der Waals surface area (Å²) in [5.74, 6) is -0.0479. The molecule has 2 aromatic carbocycles. The van der Waals surface area contributed by atoms with Crippen molar-refractivity contribution in [3.8, 4) is 0 Å². The number of anilines is 1. The third kappa shape index (κ3) is 3.92. The van der Waals surface area contributed by atoms with E-state index in [1.807, 2.05) is 30.3 Å². The molecule has 4 nitrogen and oxygen atoms in total. The third-order valence-corrected chi connectivity index (χ3v) is 4.35. The molecule has 0 radical (unpaired) electrons. The van der Waals surface area contributed by atoms with Gasteiger partial charge in [-0.1, -0.05) is 30.3 Å². The van der Waals surface area contributed by atoms with E-state index < -0.39 is 9.84 Å². The topological polar surface area (TPSA) is 54.5 Å². The normalized spacial score (nSPS) is 11.1. The van der Waals surface area contributed by atoms with E-state index in [1.54, 1.807) is 24.1 Å². The summed E-state index contributed by atoms with van der Waals surface area (Å²) in [5, 5.41) is 0. The molecule has 0 aliphatic heterocycles. The average Bonchev–Trinajstić information content (AvgIpc) is 2.47. The van der Waals surface area contributed by atoms with Crippen LogP contribution in [0, 0.1) is 0 Å². The Bertz CT molecular complexity index is 722. The maximum Gasteiger partial charge on any atom is 0.231 e. The number of nitrogens with zero attached hydrogens (tertiary/aromatic N) is 1. The van der Waals surface area contributed by atoms with Gasteiger partial charge in [-0.3, -0.25) is 4.79 Å². The lowest BCUT2D eigenvalue weighted by Crippen LogP contribution is -2.27. The lowest BCUT2D eigenvalue weighted by Gasteiger charge is -2.17. The van der Waals surface area contributed by atoms with E-state index in [1.165, 1.54) is 12.1 Å². The Morgan fingerprint density at radius 2 is 1.57 bits per heavy atom. The SMILES string of the molecule is CN(C(=O)Cc1ccc(S(C)(=O)=O)cc1)c1ccccc1. The van der Waals surface area contributed by atoms with Gasteiger partial charge in [0.25, 0.3) is 0 Å². The Morgan fingerprint density at radius 1 is 1.00 bits per heavy atom. The first kappa shape index (κ1) is 15.3. The molecule has 110 valence electrons. The first-order valence-electron chi connectivity index (χ1n) is 6.48. The van der Waals surface area contributed by atoms with Gasteiger partial charge in [0.1, 0.15) is 0 Å². The van der Waals surface area contributed by atoms with E-state index in [-0.39, 0.29) is 17.2 Å². The fraction of sp³-hybridized carbons (Fsp3) is 0.188. The van der Waals surface area contributed by atoms with Crippen molar-refractivity contribution in [3.05, 3.63) is 60.2 Å². The number of hydrogen-bond donors (Lipinski definition) is 0. The number of amides is 1. The van der Waals surface area contributed by atoms with E-state index in [9.17, 15) is 13.2 Å². The van der Waals surface area contributed by atoms with E-state index >= 15 is 0 Å². The van der Waals surface area contributed by atoms with Crippen LogP contribution in [-0.2, 0) is 21.1 Å². The highest BCUT2D eigenvalue weighted by molar-refractivity contribution is 7.90. The Kier molecular flexibility index (Phi) is 4.43. The molecule has 0 bridgehead atoms. The minimum atomic E-state index is -3.20. The molecule has 5 heteroatoms. The van der Waals surface area contributed by atoms with Crippen LogP contribution in [0.15, 0.2) is 59.5 Å². The van der Waals surface area contributed by atoms with Crippen LogP contribution in [0.5, 0.6) is 0 Å². The van der Waals surface area contributed by atoms with Gasteiger partial charge in [-0.05, 0) is 29.8 Å². The minimum absolute atomic E-state index is 0.0479. The molecule has 0 saturated heterocycles. The highest BCUT2D eigenvalue weighted by atomic mass is 32.2. The second kappa shape index (κ2) is 6.10. The molecular weight excluding hydrogens is 286 g/mol. The number of carbonyl (C=O) groups excluding carboxylic acids is 1. The largest absolute Gasteiger partial charge is 0.315 e. The summed E-state index contributed by atoms with van der Waals surface area (Å²) < 4.78 is 22.8. The lowest BCUT2D eigenvalue weighted by atomic mass is 10.1. The molecule has 0 N–H and O–H groups in total. The van der Waals surface area contributed by atoms with E-state index in [0.717, 1.165) is 17.5 Å². The van der Waals surface area contributed by atoms with E-state index in [0.29, 0.717) is 0 Å². The van der Waals surface area contributed by atoms with Crippen LogP contribution < -0.4 is 4.90 Å². The van der Waals surface area contributed by atoms with E-state index in [4.69, 9.17) is 0 Å². The van der Waals surface area contributed by atoms with Crippen LogP contribution in [0.2, 0.25) is 0 Å². The zero-order valence-corrected chi connectivity index (χ0v) is 12.8. The number of para-hydroxylation sites is 1. The molecule has 0 aromatic heterocycles. The molecule has 0 atom stereocenters. The quantitative estimate of drug-likeness (QED) is 0.871.